The van der Waals surface area contributed by atoms with Crippen molar-refractivity contribution in [1.29, 1.82) is 0 Å². The van der Waals surface area contributed by atoms with Gasteiger partial charge in [0.15, 0.2) is 27.2 Å². The van der Waals surface area contributed by atoms with Crippen LogP contribution in [0.2, 0.25) is 0 Å². The highest BCUT2D eigenvalue weighted by Crippen LogP contribution is 2.31. The number of anilines is 1. The normalized spacial score (nSPS) is 12.3. The lowest BCUT2D eigenvalue weighted by Gasteiger charge is -2.17. The number of hydrogen-bond donors (Lipinski definition) is 2. The summed E-state index contributed by atoms with van der Waals surface area (Å²) in [6.45, 7) is 1.59. The Labute approximate surface area is 190 Å². The highest BCUT2D eigenvalue weighted by atomic mass is 32.2. The second kappa shape index (κ2) is 10.0. The minimum atomic E-state index is -3.59. The van der Waals surface area contributed by atoms with Crippen molar-refractivity contribution in [2.24, 2.45) is 7.05 Å². The number of aromatic nitrogens is 2. The van der Waals surface area contributed by atoms with Crippen LogP contribution in [0.15, 0.2) is 53.6 Å². The molecule has 0 radical (unpaired) electrons. The second-order valence-corrected chi connectivity index (χ2v) is 9.33. The number of aryl methyl sites for hydroxylation is 1. The van der Waals surface area contributed by atoms with E-state index in [1.807, 2.05) is 6.92 Å². The van der Waals surface area contributed by atoms with Gasteiger partial charge in [0.1, 0.15) is 17.6 Å². The number of ether oxygens (including phenoxy) is 2. The molecule has 1 aromatic heterocycles. The van der Waals surface area contributed by atoms with Gasteiger partial charge in [-0.2, -0.15) is 5.10 Å². The highest BCUT2D eigenvalue weighted by molar-refractivity contribution is 7.90. The molecule has 9 nitrogen and oxygen atoms in total. The summed E-state index contributed by atoms with van der Waals surface area (Å²) in [7, 11) is -1.88. The van der Waals surface area contributed by atoms with Gasteiger partial charge in [0, 0.05) is 37.2 Å². The molecule has 33 heavy (non-hydrogen) atoms. The molecular formula is C22H24FN3O6S. The van der Waals surface area contributed by atoms with Gasteiger partial charge in [-0.25, -0.2) is 12.8 Å². The fraction of sp³-hybridized carbons (Fsp3) is 0.273. The Morgan fingerprint density at radius 3 is 2.52 bits per heavy atom. The fourth-order valence-corrected chi connectivity index (χ4v) is 3.50. The van der Waals surface area contributed by atoms with Gasteiger partial charge in [0.25, 0.3) is 5.91 Å². The molecule has 0 aliphatic rings. The number of carbonyl (C=O) groups is 1. The topological polar surface area (TPSA) is 120 Å². The standard InChI is InChI=1S/C22H24FN3O6S/c1-4-15(13-27)31-16-9-14(22(28)24-21-7-8-26(2)25-21)10-17(11-16)32-20-6-5-18(12-19(20)23)33(3,29)30/h5-12,15,27H,4,13H2,1-3H3,(H,24,25,28). The molecule has 176 valence electrons. The lowest BCUT2D eigenvalue weighted by atomic mass is 10.1. The van der Waals surface area contributed by atoms with Crippen LogP contribution in [0.25, 0.3) is 0 Å². The van der Waals surface area contributed by atoms with E-state index in [2.05, 4.69) is 10.4 Å². The zero-order valence-electron chi connectivity index (χ0n) is 18.3. The third kappa shape index (κ3) is 6.30. The molecule has 0 fully saturated rings. The summed E-state index contributed by atoms with van der Waals surface area (Å²) in [5.41, 5.74) is 0.147. The Balaban J connectivity index is 1.94. The monoisotopic (exact) mass is 477 g/mol. The van der Waals surface area contributed by atoms with Crippen molar-refractivity contribution in [2.75, 3.05) is 18.2 Å². The Kier molecular flexibility index (Phi) is 7.34. The maximum Gasteiger partial charge on any atom is 0.257 e. The number of sulfone groups is 1. The van der Waals surface area contributed by atoms with Crippen molar-refractivity contribution in [1.82, 2.24) is 9.78 Å². The van der Waals surface area contributed by atoms with Crippen molar-refractivity contribution in [3.05, 3.63) is 60.0 Å². The van der Waals surface area contributed by atoms with Crippen LogP contribution in [0.1, 0.15) is 23.7 Å². The molecule has 0 spiro atoms. The van der Waals surface area contributed by atoms with E-state index in [1.165, 1.54) is 35.0 Å². The Hall–Kier alpha value is -3.44. The number of benzene rings is 2. The lowest BCUT2D eigenvalue weighted by molar-refractivity contribution is 0.102. The van der Waals surface area contributed by atoms with Crippen LogP contribution in [0.4, 0.5) is 10.2 Å². The van der Waals surface area contributed by atoms with E-state index in [-0.39, 0.29) is 34.3 Å². The first-order valence-electron chi connectivity index (χ1n) is 10.00. The zero-order valence-corrected chi connectivity index (χ0v) is 19.1. The van der Waals surface area contributed by atoms with Crippen LogP contribution in [-0.2, 0) is 16.9 Å². The Bertz CT molecular complexity index is 1250. The molecule has 2 aromatic carbocycles. The van der Waals surface area contributed by atoms with Crippen LogP contribution in [0.5, 0.6) is 17.2 Å². The number of aliphatic hydroxyl groups excluding tert-OH is 1. The molecule has 3 aromatic rings. The van der Waals surface area contributed by atoms with Gasteiger partial charge in [-0.3, -0.25) is 9.48 Å². The molecule has 1 unspecified atom stereocenters. The number of carbonyl (C=O) groups excluding carboxylic acids is 1. The first-order valence-corrected chi connectivity index (χ1v) is 11.9. The number of hydrogen-bond acceptors (Lipinski definition) is 7. The summed E-state index contributed by atoms with van der Waals surface area (Å²) < 4.78 is 50.6. The van der Waals surface area contributed by atoms with Gasteiger partial charge in [0.2, 0.25) is 0 Å². The third-order valence-corrected chi connectivity index (χ3v) is 5.73. The maximum absolute atomic E-state index is 14.5. The van der Waals surface area contributed by atoms with Crippen LogP contribution in [-0.4, -0.2) is 48.2 Å². The quantitative estimate of drug-likeness (QED) is 0.486. The van der Waals surface area contributed by atoms with Crippen molar-refractivity contribution < 1.29 is 32.2 Å². The average molecular weight is 478 g/mol. The second-order valence-electron chi connectivity index (χ2n) is 7.32. The van der Waals surface area contributed by atoms with E-state index >= 15 is 0 Å². The average Bonchev–Trinajstić information content (AvgIpc) is 3.17. The molecule has 1 heterocycles. The van der Waals surface area contributed by atoms with Gasteiger partial charge >= 0.3 is 0 Å². The van der Waals surface area contributed by atoms with Gasteiger partial charge in [-0.05, 0) is 36.8 Å². The lowest BCUT2D eigenvalue weighted by Crippen LogP contribution is -2.20. The molecule has 0 saturated heterocycles. The summed E-state index contributed by atoms with van der Waals surface area (Å²) in [6.07, 6.45) is 2.64. The van der Waals surface area contributed by atoms with Crippen molar-refractivity contribution >= 4 is 21.6 Å². The number of aliphatic hydroxyl groups is 1. The number of rotatable bonds is 9. The summed E-state index contributed by atoms with van der Waals surface area (Å²) >= 11 is 0. The Morgan fingerprint density at radius 2 is 1.94 bits per heavy atom. The van der Waals surface area contributed by atoms with E-state index in [9.17, 15) is 22.7 Å². The molecular weight excluding hydrogens is 453 g/mol. The van der Waals surface area contributed by atoms with Crippen molar-refractivity contribution in [3.8, 4) is 17.2 Å². The van der Waals surface area contributed by atoms with E-state index < -0.39 is 27.7 Å². The largest absolute Gasteiger partial charge is 0.488 e. The van der Waals surface area contributed by atoms with E-state index in [4.69, 9.17) is 9.47 Å². The fourth-order valence-electron chi connectivity index (χ4n) is 2.86. The van der Waals surface area contributed by atoms with E-state index in [0.29, 0.717) is 12.2 Å². The van der Waals surface area contributed by atoms with Gasteiger partial charge in [-0.1, -0.05) is 6.92 Å². The SMILES string of the molecule is CCC(CO)Oc1cc(Oc2ccc(S(C)(=O)=O)cc2F)cc(C(=O)Nc2ccn(C)n2)c1. The van der Waals surface area contributed by atoms with Crippen LogP contribution >= 0.6 is 0 Å². The van der Waals surface area contributed by atoms with Crippen LogP contribution in [0, 0.1) is 5.82 Å². The first kappa shape index (κ1) is 24.2. The number of halogens is 1. The molecule has 2 N–H and O–H groups in total. The number of nitrogens with one attached hydrogen (secondary N) is 1. The molecule has 1 amide bonds. The number of nitrogens with zero attached hydrogens (tertiary/aromatic N) is 2. The van der Waals surface area contributed by atoms with Gasteiger partial charge < -0.3 is 19.9 Å². The van der Waals surface area contributed by atoms with Crippen LogP contribution in [0.3, 0.4) is 0 Å². The molecule has 0 aliphatic carbocycles. The number of amides is 1. The smallest absolute Gasteiger partial charge is 0.257 e. The minimum Gasteiger partial charge on any atom is -0.488 e. The van der Waals surface area contributed by atoms with E-state index in [0.717, 1.165) is 12.3 Å². The molecule has 0 saturated carbocycles. The molecule has 0 bridgehead atoms. The van der Waals surface area contributed by atoms with Crippen LogP contribution < -0.4 is 14.8 Å². The third-order valence-electron chi connectivity index (χ3n) is 4.62. The summed E-state index contributed by atoms with van der Waals surface area (Å²) in [5, 5.41) is 16.2. The summed E-state index contributed by atoms with van der Waals surface area (Å²) in [4.78, 5) is 12.6. The van der Waals surface area contributed by atoms with Crippen molar-refractivity contribution in [3.63, 3.8) is 0 Å². The summed E-state index contributed by atoms with van der Waals surface area (Å²) in [5.74, 6) is -0.977. The molecule has 11 heteroatoms. The zero-order chi connectivity index (χ0) is 24.2. The highest BCUT2D eigenvalue weighted by Gasteiger charge is 2.17. The first-order chi connectivity index (χ1) is 15.6. The molecule has 1 atom stereocenters. The van der Waals surface area contributed by atoms with Gasteiger partial charge in [-0.15, -0.1) is 0 Å². The molecule has 0 aliphatic heterocycles. The van der Waals surface area contributed by atoms with E-state index in [1.54, 1.807) is 19.3 Å². The predicted molar refractivity (Wildman–Crippen MR) is 119 cm³/mol. The molecule has 3 rings (SSSR count). The summed E-state index contributed by atoms with van der Waals surface area (Å²) in [6, 6.07) is 9.18. The predicted octanol–water partition coefficient (Wildman–Crippen LogP) is 3.16. The maximum atomic E-state index is 14.5. The minimum absolute atomic E-state index is 0.0810. The van der Waals surface area contributed by atoms with Gasteiger partial charge in [0.05, 0.1) is 11.5 Å². The Morgan fingerprint density at radius 1 is 1.21 bits per heavy atom. The van der Waals surface area contributed by atoms with Crippen molar-refractivity contribution in [2.45, 2.75) is 24.3 Å².